The zero-order valence-corrected chi connectivity index (χ0v) is 11.7. The van der Waals surface area contributed by atoms with Crippen molar-refractivity contribution >= 4 is 11.6 Å². The van der Waals surface area contributed by atoms with Gasteiger partial charge in [0.15, 0.2) is 0 Å². The highest BCUT2D eigenvalue weighted by molar-refractivity contribution is 5.75. The molecular formula is C17H19NO2. The number of rotatable bonds is 2. The van der Waals surface area contributed by atoms with Crippen molar-refractivity contribution in [2.45, 2.75) is 25.7 Å². The standard InChI is InChI=1S/C17H19NO2/c1-3-13-8-9-15(19)20-17(13)14-7-5-11-18-10-4-6-12(2)16(14)18/h3,8-9H,1-2,4-7,10-11H2. The molecule has 0 aliphatic carbocycles. The second-order valence-corrected chi connectivity index (χ2v) is 5.37. The van der Waals surface area contributed by atoms with E-state index in [0.717, 1.165) is 55.5 Å². The molecule has 0 spiro atoms. The fourth-order valence-corrected chi connectivity index (χ4v) is 3.17. The maximum atomic E-state index is 11.6. The van der Waals surface area contributed by atoms with Gasteiger partial charge in [0, 0.05) is 36.0 Å². The molecule has 1 saturated heterocycles. The number of allylic oxidation sites excluding steroid dienone is 2. The second-order valence-electron chi connectivity index (χ2n) is 5.37. The van der Waals surface area contributed by atoms with E-state index >= 15 is 0 Å². The molecule has 3 rings (SSSR count). The lowest BCUT2D eigenvalue weighted by molar-refractivity contribution is 0.304. The van der Waals surface area contributed by atoms with Gasteiger partial charge in [-0.1, -0.05) is 19.2 Å². The zero-order chi connectivity index (χ0) is 14.1. The van der Waals surface area contributed by atoms with E-state index in [9.17, 15) is 4.79 Å². The minimum absolute atomic E-state index is 0.308. The van der Waals surface area contributed by atoms with Crippen LogP contribution in [-0.2, 0) is 0 Å². The van der Waals surface area contributed by atoms with Gasteiger partial charge in [0.05, 0.1) is 0 Å². The predicted octanol–water partition coefficient (Wildman–Crippen LogP) is 3.44. The first-order chi connectivity index (χ1) is 9.70. The number of nitrogens with zero attached hydrogens (tertiary/aromatic N) is 1. The van der Waals surface area contributed by atoms with Crippen molar-refractivity contribution in [3.8, 4) is 0 Å². The maximum absolute atomic E-state index is 11.6. The summed E-state index contributed by atoms with van der Waals surface area (Å²) in [5.74, 6) is 0.676. The Hall–Kier alpha value is -2.03. The molecule has 3 heteroatoms. The predicted molar refractivity (Wildman–Crippen MR) is 81.2 cm³/mol. The Kier molecular flexibility index (Phi) is 3.35. The molecule has 0 radical (unpaired) electrons. The topological polar surface area (TPSA) is 33.5 Å². The second kappa shape index (κ2) is 5.16. The number of hydrogen-bond donors (Lipinski definition) is 0. The fraction of sp³-hybridized carbons (Fsp3) is 0.353. The van der Waals surface area contributed by atoms with E-state index in [4.69, 9.17) is 4.42 Å². The third-order valence-electron chi connectivity index (χ3n) is 4.06. The van der Waals surface area contributed by atoms with Crippen LogP contribution < -0.4 is 5.63 Å². The van der Waals surface area contributed by atoms with Crippen LogP contribution in [0.4, 0.5) is 0 Å². The summed E-state index contributed by atoms with van der Waals surface area (Å²) in [4.78, 5) is 14.0. The van der Waals surface area contributed by atoms with Crippen LogP contribution in [0.2, 0.25) is 0 Å². The molecule has 0 unspecified atom stereocenters. The molecule has 0 atom stereocenters. The summed E-state index contributed by atoms with van der Waals surface area (Å²) in [5.41, 5.74) is 4.05. The van der Waals surface area contributed by atoms with Gasteiger partial charge in [0.2, 0.25) is 0 Å². The molecule has 2 aliphatic rings. The third kappa shape index (κ3) is 2.13. The van der Waals surface area contributed by atoms with Crippen molar-refractivity contribution in [1.29, 1.82) is 0 Å². The van der Waals surface area contributed by atoms with Crippen molar-refractivity contribution in [3.63, 3.8) is 0 Å². The highest BCUT2D eigenvalue weighted by Gasteiger charge is 2.27. The SMILES string of the molecule is C=Cc1ccc(=O)oc1C1=C2C(=C)CCCN2CCC1. The first-order valence-corrected chi connectivity index (χ1v) is 7.14. The van der Waals surface area contributed by atoms with Crippen molar-refractivity contribution in [2.75, 3.05) is 13.1 Å². The van der Waals surface area contributed by atoms with Gasteiger partial charge < -0.3 is 9.32 Å². The van der Waals surface area contributed by atoms with Crippen LogP contribution in [0, 0.1) is 0 Å². The van der Waals surface area contributed by atoms with E-state index in [-0.39, 0.29) is 5.63 Å². The van der Waals surface area contributed by atoms with Crippen molar-refractivity contribution in [1.82, 2.24) is 4.90 Å². The molecule has 3 heterocycles. The summed E-state index contributed by atoms with van der Waals surface area (Å²) in [6.45, 7) is 10.2. The number of piperidine rings is 1. The van der Waals surface area contributed by atoms with Crippen LogP contribution in [0.25, 0.3) is 11.6 Å². The average molecular weight is 269 g/mol. The van der Waals surface area contributed by atoms with Crippen molar-refractivity contribution in [2.24, 2.45) is 0 Å². The Labute approximate surface area is 118 Å². The summed E-state index contributed by atoms with van der Waals surface area (Å²) in [7, 11) is 0. The zero-order valence-electron chi connectivity index (χ0n) is 11.7. The molecule has 20 heavy (non-hydrogen) atoms. The molecule has 0 bridgehead atoms. The first kappa shape index (κ1) is 13.0. The lowest BCUT2D eigenvalue weighted by Gasteiger charge is -2.38. The summed E-state index contributed by atoms with van der Waals surface area (Å²) >= 11 is 0. The number of fused-ring (bicyclic) bond motifs is 1. The van der Waals surface area contributed by atoms with E-state index < -0.39 is 0 Å². The molecule has 1 aromatic rings. The van der Waals surface area contributed by atoms with Gasteiger partial charge in [0.1, 0.15) is 5.76 Å². The normalized spacial score (nSPS) is 19.0. The highest BCUT2D eigenvalue weighted by atomic mass is 16.4. The molecule has 3 nitrogen and oxygen atoms in total. The van der Waals surface area contributed by atoms with E-state index in [1.165, 1.54) is 11.8 Å². The van der Waals surface area contributed by atoms with E-state index in [2.05, 4.69) is 18.1 Å². The summed E-state index contributed by atoms with van der Waals surface area (Å²) < 4.78 is 5.48. The van der Waals surface area contributed by atoms with Crippen LogP contribution in [0.5, 0.6) is 0 Å². The molecule has 104 valence electrons. The van der Waals surface area contributed by atoms with Gasteiger partial charge in [-0.3, -0.25) is 0 Å². The smallest absolute Gasteiger partial charge is 0.336 e. The van der Waals surface area contributed by atoms with Gasteiger partial charge in [-0.15, -0.1) is 0 Å². The minimum Gasteiger partial charge on any atom is -0.422 e. The van der Waals surface area contributed by atoms with Crippen molar-refractivity contribution in [3.05, 3.63) is 58.3 Å². The molecule has 0 saturated carbocycles. The van der Waals surface area contributed by atoms with Gasteiger partial charge >= 0.3 is 5.63 Å². The average Bonchev–Trinajstić information content (AvgIpc) is 2.47. The van der Waals surface area contributed by atoms with Gasteiger partial charge in [-0.25, -0.2) is 4.79 Å². The van der Waals surface area contributed by atoms with Crippen LogP contribution >= 0.6 is 0 Å². The van der Waals surface area contributed by atoms with Crippen LogP contribution in [-0.4, -0.2) is 18.0 Å². The lowest BCUT2D eigenvalue weighted by atomic mass is 9.89. The molecule has 0 N–H and O–H groups in total. The quantitative estimate of drug-likeness (QED) is 0.824. The molecule has 0 aromatic carbocycles. The highest BCUT2D eigenvalue weighted by Crippen LogP contribution is 2.38. The Morgan fingerprint density at radius 2 is 1.95 bits per heavy atom. The van der Waals surface area contributed by atoms with E-state index in [1.807, 2.05) is 0 Å². The molecule has 0 amide bonds. The molecule has 2 aliphatic heterocycles. The summed E-state index contributed by atoms with van der Waals surface area (Å²) in [5, 5.41) is 0. The van der Waals surface area contributed by atoms with Gasteiger partial charge in [-0.05, 0) is 37.3 Å². The van der Waals surface area contributed by atoms with Crippen LogP contribution in [0.15, 0.2) is 45.8 Å². The lowest BCUT2D eigenvalue weighted by Crippen LogP contribution is -2.33. The fourth-order valence-electron chi connectivity index (χ4n) is 3.17. The maximum Gasteiger partial charge on any atom is 0.336 e. The molecular weight excluding hydrogens is 250 g/mol. The largest absolute Gasteiger partial charge is 0.422 e. The van der Waals surface area contributed by atoms with E-state index in [0.29, 0.717) is 5.76 Å². The monoisotopic (exact) mass is 269 g/mol. The Balaban J connectivity index is 2.20. The molecule has 1 aromatic heterocycles. The third-order valence-corrected chi connectivity index (χ3v) is 4.06. The molecule has 1 fully saturated rings. The van der Waals surface area contributed by atoms with Crippen molar-refractivity contribution < 1.29 is 4.42 Å². The summed E-state index contributed by atoms with van der Waals surface area (Å²) in [6.07, 6.45) is 5.94. The van der Waals surface area contributed by atoms with E-state index in [1.54, 1.807) is 12.1 Å². The number of hydrogen-bond acceptors (Lipinski definition) is 3. The van der Waals surface area contributed by atoms with Crippen LogP contribution in [0.3, 0.4) is 0 Å². The first-order valence-electron chi connectivity index (χ1n) is 7.14. The Morgan fingerprint density at radius 1 is 1.20 bits per heavy atom. The Morgan fingerprint density at radius 3 is 2.70 bits per heavy atom. The van der Waals surface area contributed by atoms with Crippen LogP contribution in [0.1, 0.15) is 37.0 Å². The van der Waals surface area contributed by atoms with Gasteiger partial charge in [0.25, 0.3) is 0 Å². The van der Waals surface area contributed by atoms with Gasteiger partial charge in [-0.2, -0.15) is 0 Å². The summed E-state index contributed by atoms with van der Waals surface area (Å²) in [6, 6.07) is 3.23. The Bertz CT molecular complexity index is 651. The minimum atomic E-state index is -0.308.